The SMILES string of the molecule is Cc1ccc(-n2nnnc2S[C@@H](C)C(=O)c2ccc(F)c(F)c2)cc1C. The summed E-state index contributed by atoms with van der Waals surface area (Å²) in [5.41, 5.74) is 3.14. The summed E-state index contributed by atoms with van der Waals surface area (Å²) in [6.45, 7) is 5.68. The number of carbonyl (C=O) groups excluding carboxylic acids is 1. The van der Waals surface area contributed by atoms with E-state index in [0.717, 1.165) is 40.7 Å². The van der Waals surface area contributed by atoms with Crippen molar-refractivity contribution in [1.29, 1.82) is 0 Å². The maximum Gasteiger partial charge on any atom is 0.214 e. The number of thioether (sulfide) groups is 1. The molecule has 3 aromatic rings. The topological polar surface area (TPSA) is 60.7 Å². The van der Waals surface area contributed by atoms with Crippen LogP contribution in [0.3, 0.4) is 0 Å². The molecule has 3 rings (SSSR count). The molecule has 0 saturated carbocycles. The third-order valence-electron chi connectivity index (χ3n) is 4.03. The monoisotopic (exact) mass is 374 g/mol. The first kappa shape index (κ1) is 18.2. The Labute approximate surface area is 153 Å². The Morgan fingerprint density at radius 3 is 2.54 bits per heavy atom. The first-order valence-corrected chi connectivity index (χ1v) is 8.76. The molecular formula is C18H16F2N4OS. The number of ketones is 1. The molecule has 0 unspecified atom stereocenters. The van der Waals surface area contributed by atoms with Gasteiger partial charge in [-0.2, -0.15) is 4.68 Å². The molecule has 0 radical (unpaired) electrons. The van der Waals surface area contributed by atoms with E-state index in [9.17, 15) is 13.6 Å². The van der Waals surface area contributed by atoms with Crippen molar-refractivity contribution in [3.05, 3.63) is 64.7 Å². The van der Waals surface area contributed by atoms with E-state index in [1.54, 1.807) is 11.6 Å². The molecule has 0 aliphatic rings. The molecule has 0 bridgehead atoms. The van der Waals surface area contributed by atoms with Crippen LogP contribution in [0.25, 0.3) is 5.69 Å². The molecule has 1 atom stereocenters. The number of rotatable bonds is 5. The van der Waals surface area contributed by atoms with Gasteiger partial charge in [0.2, 0.25) is 5.16 Å². The lowest BCUT2D eigenvalue weighted by Gasteiger charge is -2.11. The van der Waals surface area contributed by atoms with Crippen molar-refractivity contribution in [2.24, 2.45) is 0 Å². The van der Waals surface area contributed by atoms with E-state index in [2.05, 4.69) is 15.5 Å². The fourth-order valence-electron chi connectivity index (χ4n) is 2.37. The Morgan fingerprint density at radius 1 is 1.08 bits per heavy atom. The van der Waals surface area contributed by atoms with Crippen molar-refractivity contribution in [3.8, 4) is 5.69 Å². The molecular weight excluding hydrogens is 358 g/mol. The summed E-state index contributed by atoms with van der Waals surface area (Å²) in [5.74, 6) is -2.36. The highest BCUT2D eigenvalue weighted by molar-refractivity contribution is 8.00. The Kier molecular flexibility index (Phi) is 5.13. The molecule has 0 aliphatic carbocycles. The predicted octanol–water partition coefficient (Wildman–Crippen LogP) is 3.92. The minimum Gasteiger partial charge on any atom is -0.293 e. The zero-order valence-corrected chi connectivity index (χ0v) is 15.2. The first-order valence-electron chi connectivity index (χ1n) is 7.88. The summed E-state index contributed by atoms with van der Waals surface area (Å²) in [6, 6.07) is 8.93. The van der Waals surface area contributed by atoms with Crippen LogP contribution in [0, 0.1) is 25.5 Å². The second-order valence-electron chi connectivity index (χ2n) is 5.90. The quantitative estimate of drug-likeness (QED) is 0.500. The van der Waals surface area contributed by atoms with Crippen LogP contribution in [0.4, 0.5) is 8.78 Å². The second kappa shape index (κ2) is 7.33. The van der Waals surface area contributed by atoms with Crippen molar-refractivity contribution in [2.45, 2.75) is 31.2 Å². The fraction of sp³-hybridized carbons (Fsp3) is 0.222. The van der Waals surface area contributed by atoms with Gasteiger partial charge >= 0.3 is 0 Å². The van der Waals surface area contributed by atoms with Crippen LogP contribution in [-0.2, 0) is 0 Å². The van der Waals surface area contributed by atoms with E-state index in [1.165, 1.54) is 6.07 Å². The molecule has 26 heavy (non-hydrogen) atoms. The molecule has 0 fully saturated rings. The van der Waals surface area contributed by atoms with Crippen LogP contribution in [0.1, 0.15) is 28.4 Å². The van der Waals surface area contributed by atoms with Crippen LogP contribution in [-0.4, -0.2) is 31.2 Å². The maximum atomic E-state index is 13.4. The van der Waals surface area contributed by atoms with Crippen molar-refractivity contribution < 1.29 is 13.6 Å². The smallest absolute Gasteiger partial charge is 0.214 e. The summed E-state index contributed by atoms with van der Waals surface area (Å²) < 4.78 is 28.0. The standard InChI is InChI=1S/C18H16F2N4OS/c1-10-4-6-14(8-11(10)2)24-18(21-22-23-24)26-12(3)17(25)13-5-7-15(19)16(20)9-13/h4-9,12H,1-3H3/t12-/m0/s1. The zero-order chi connectivity index (χ0) is 18.8. The van der Waals surface area contributed by atoms with Gasteiger partial charge in [-0.15, -0.1) is 5.10 Å². The van der Waals surface area contributed by atoms with E-state index >= 15 is 0 Å². The van der Waals surface area contributed by atoms with Crippen LogP contribution in [0.2, 0.25) is 0 Å². The summed E-state index contributed by atoms with van der Waals surface area (Å²) >= 11 is 1.16. The summed E-state index contributed by atoms with van der Waals surface area (Å²) in [6.07, 6.45) is 0. The van der Waals surface area contributed by atoms with Crippen molar-refractivity contribution >= 4 is 17.5 Å². The first-order chi connectivity index (χ1) is 12.4. The number of hydrogen-bond donors (Lipinski definition) is 0. The Morgan fingerprint density at radius 2 is 1.85 bits per heavy atom. The molecule has 0 N–H and O–H groups in total. The average molecular weight is 374 g/mol. The molecule has 8 heteroatoms. The van der Waals surface area contributed by atoms with Crippen LogP contribution >= 0.6 is 11.8 Å². The number of carbonyl (C=O) groups is 1. The minimum atomic E-state index is -1.05. The highest BCUT2D eigenvalue weighted by atomic mass is 32.2. The average Bonchev–Trinajstić information content (AvgIpc) is 3.07. The van der Waals surface area contributed by atoms with Crippen molar-refractivity contribution in [3.63, 3.8) is 0 Å². The lowest BCUT2D eigenvalue weighted by molar-refractivity contribution is 0.0993. The van der Waals surface area contributed by atoms with Gasteiger partial charge in [0.15, 0.2) is 17.4 Å². The number of tetrazole rings is 1. The predicted molar refractivity (Wildman–Crippen MR) is 94.6 cm³/mol. The van der Waals surface area contributed by atoms with Gasteiger partial charge in [-0.3, -0.25) is 4.79 Å². The van der Waals surface area contributed by atoms with Crippen LogP contribution in [0.5, 0.6) is 0 Å². The molecule has 0 aliphatic heterocycles. The van der Waals surface area contributed by atoms with Gasteiger partial charge in [0.25, 0.3) is 0 Å². The van der Waals surface area contributed by atoms with Gasteiger partial charge < -0.3 is 0 Å². The number of benzene rings is 2. The highest BCUT2D eigenvalue weighted by Gasteiger charge is 2.21. The molecule has 5 nitrogen and oxygen atoms in total. The largest absolute Gasteiger partial charge is 0.293 e. The number of aryl methyl sites for hydroxylation is 2. The molecule has 0 saturated heterocycles. The number of hydrogen-bond acceptors (Lipinski definition) is 5. The van der Waals surface area contributed by atoms with Gasteiger partial charge in [0.05, 0.1) is 10.9 Å². The van der Waals surface area contributed by atoms with E-state index < -0.39 is 16.9 Å². The van der Waals surface area contributed by atoms with Gasteiger partial charge in [0.1, 0.15) is 0 Å². The van der Waals surface area contributed by atoms with Crippen LogP contribution < -0.4 is 0 Å². The van der Waals surface area contributed by atoms with Gasteiger partial charge in [0, 0.05) is 5.56 Å². The van der Waals surface area contributed by atoms with Crippen molar-refractivity contribution in [2.75, 3.05) is 0 Å². The molecule has 0 spiro atoms. The Balaban J connectivity index is 1.83. The number of halogens is 2. The Hall–Kier alpha value is -2.61. The van der Waals surface area contributed by atoms with E-state index in [-0.39, 0.29) is 11.3 Å². The van der Waals surface area contributed by atoms with E-state index in [1.807, 2.05) is 32.0 Å². The molecule has 1 aromatic heterocycles. The third kappa shape index (κ3) is 3.65. The fourth-order valence-corrected chi connectivity index (χ4v) is 3.25. The van der Waals surface area contributed by atoms with Gasteiger partial charge in [-0.05, 0) is 72.7 Å². The molecule has 0 amide bonds. The number of nitrogens with zero attached hydrogens (tertiary/aromatic N) is 4. The molecule has 2 aromatic carbocycles. The van der Waals surface area contributed by atoms with Gasteiger partial charge in [-0.25, -0.2) is 8.78 Å². The van der Waals surface area contributed by atoms with E-state index in [0.29, 0.717) is 5.16 Å². The maximum absolute atomic E-state index is 13.4. The van der Waals surface area contributed by atoms with Gasteiger partial charge in [-0.1, -0.05) is 17.8 Å². The highest BCUT2D eigenvalue weighted by Crippen LogP contribution is 2.26. The molecule has 1 heterocycles. The minimum absolute atomic E-state index is 0.106. The lowest BCUT2D eigenvalue weighted by Crippen LogP contribution is -2.15. The Bertz CT molecular complexity index is 974. The number of aromatic nitrogens is 4. The second-order valence-corrected chi connectivity index (χ2v) is 7.20. The third-order valence-corrected chi connectivity index (χ3v) is 5.06. The number of Topliss-reactive ketones (excluding diaryl/α,β-unsaturated/α-hetero) is 1. The zero-order valence-electron chi connectivity index (χ0n) is 14.4. The summed E-state index contributed by atoms with van der Waals surface area (Å²) in [7, 11) is 0. The van der Waals surface area contributed by atoms with Crippen molar-refractivity contribution in [1.82, 2.24) is 20.2 Å². The molecule has 134 valence electrons. The summed E-state index contributed by atoms with van der Waals surface area (Å²) in [5, 5.41) is 11.5. The normalized spacial score (nSPS) is 12.2. The lowest BCUT2D eigenvalue weighted by atomic mass is 10.1. The van der Waals surface area contributed by atoms with E-state index in [4.69, 9.17) is 0 Å². The van der Waals surface area contributed by atoms with Crippen LogP contribution in [0.15, 0.2) is 41.6 Å². The summed E-state index contributed by atoms with van der Waals surface area (Å²) in [4.78, 5) is 12.5.